The number of hydrogen-bond donors (Lipinski definition) is 2. The van der Waals surface area contributed by atoms with E-state index in [0.717, 1.165) is 25.3 Å². The Bertz CT molecular complexity index is 213. The van der Waals surface area contributed by atoms with Crippen molar-refractivity contribution in [3.05, 3.63) is 0 Å². The molecule has 1 saturated heterocycles. The first-order chi connectivity index (χ1) is 7.04. The number of amides is 1. The fraction of sp³-hybridized carbons (Fsp3) is 0.909. The van der Waals surface area contributed by atoms with Crippen molar-refractivity contribution < 1.29 is 4.79 Å². The van der Waals surface area contributed by atoms with Crippen LogP contribution < -0.4 is 10.6 Å². The predicted octanol–water partition coefficient (Wildman–Crippen LogP) is 1.39. The van der Waals surface area contributed by atoms with Gasteiger partial charge in [-0.1, -0.05) is 13.8 Å². The molecule has 88 valence electrons. The van der Waals surface area contributed by atoms with Crippen LogP contribution in [0.25, 0.3) is 0 Å². The third-order valence-electron chi connectivity index (χ3n) is 2.66. The molecule has 0 radical (unpaired) electrons. The quantitative estimate of drug-likeness (QED) is 0.701. The fourth-order valence-corrected chi connectivity index (χ4v) is 2.91. The molecule has 1 amide bonds. The van der Waals surface area contributed by atoms with E-state index in [9.17, 15) is 4.79 Å². The second kappa shape index (κ2) is 5.75. The summed E-state index contributed by atoms with van der Waals surface area (Å²) in [5.41, 5.74) is 0. The summed E-state index contributed by atoms with van der Waals surface area (Å²) in [5.74, 6) is 1.32. The highest BCUT2D eigenvalue weighted by atomic mass is 32.2. The van der Waals surface area contributed by atoms with Crippen LogP contribution in [-0.4, -0.2) is 35.5 Å². The largest absolute Gasteiger partial charge is 0.354 e. The van der Waals surface area contributed by atoms with Crippen LogP contribution in [-0.2, 0) is 4.79 Å². The normalized spacial score (nSPS) is 25.9. The smallest absolute Gasteiger partial charge is 0.235 e. The zero-order valence-corrected chi connectivity index (χ0v) is 10.7. The number of carbonyl (C=O) groups excluding carboxylic acids is 1. The van der Waals surface area contributed by atoms with Gasteiger partial charge < -0.3 is 10.6 Å². The van der Waals surface area contributed by atoms with E-state index in [-0.39, 0.29) is 10.7 Å². The standard InChI is InChI=1S/C11H22N2OS/c1-9(2)12-6-7-13-10(14)11(3)5-4-8-15-11/h9,12H,4-8H2,1-3H3,(H,13,14). The molecule has 0 aromatic heterocycles. The van der Waals surface area contributed by atoms with Gasteiger partial charge in [-0.25, -0.2) is 0 Å². The van der Waals surface area contributed by atoms with Crippen molar-refractivity contribution in [2.45, 2.75) is 44.4 Å². The number of rotatable bonds is 5. The molecule has 1 rings (SSSR count). The molecule has 15 heavy (non-hydrogen) atoms. The second-order valence-corrected chi connectivity index (χ2v) is 6.15. The molecule has 0 aliphatic carbocycles. The van der Waals surface area contributed by atoms with E-state index >= 15 is 0 Å². The van der Waals surface area contributed by atoms with Crippen LogP contribution in [0.5, 0.6) is 0 Å². The third kappa shape index (κ3) is 4.03. The summed E-state index contributed by atoms with van der Waals surface area (Å²) in [5, 5.41) is 6.28. The molecule has 1 fully saturated rings. The molecule has 0 aromatic rings. The summed E-state index contributed by atoms with van der Waals surface area (Å²) < 4.78 is -0.169. The summed E-state index contributed by atoms with van der Waals surface area (Å²) in [7, 11) is 0. The van der Waals surface area contributed by atoms with E-state index in [1.807, 2.05) is 0 Å². The van der Waals surface area contributed by atoms with Gasteiger partial charge in [-0.15, -0.1) is 11.8 Å². The lowest BCUT2D eigenvalue weighted by atomic mass is 10.1. The first-order valence-corrected chi connectivity index (χ1v) is 6.69. The highest BCUT2D eigenvalue weighted by Crippen LogP contribution is 2.37. The van der Waals surface area contributed by atoms with E-state index in [1.165, 1.54) is 6.42 Å². The lowest BCUT2D eigenvalue weighted by Crippen LogP contribution is -2.43. The molecular weight excluding hydrogens is 208 g/mol. The molecule has 1 aliphatic heterocycles. The van der Waals surface area contributed by atoms with Gasteiger partial charge in [0.25, 0.3) is 0 Å². The molecule has 1 atom stereocenters. The minimum Gasteiger partial charge on any atom is -0.354 e. The molecule has 1 aliphatic rings. The highest BCUT2D eigenvalue weighted by molar-refractivity contribution is 8.01. The van der Waals surface area contributed by atoms with Crippen molar-refractivity contribution in [1.82, 2.24) is 10.6 Å². The average molecular weight is 230 g/mol. The van der Waals surface area contributed by atoms with E-state index in [2.05, 4.69) is 31.4 Å². The minimum atomic E-state index is -0.169. The SMILES string of the molecule is CC(C)NCCNC(=O)C1(C)CCCS1. The van der Waals surface area contributed by atoms with Gasteiger partial charge in [0.05, 0.1) is 4.75 Å². The average Bonchev–Trinajstić information content (AvgIpc) is 2.60. The van der Waals surface area contributed by atoms with E-state index in [0.29, 0.717) is 6.04 Å². The van der Waals surface area contributed by atoms with Crippen molar-refractivity contribution >= 4 is 17.7 Å². The summed E-state index contributed by atoms with van der Waals surface area (Å²) in [6.45, 7) is 7.85. The lowest BCUT2D eigenvalue weighted by Gasteiger charge is -2.21. The monoisotopic (exact) mass is 230 g/mol. The van der Waals surface area contributed by atoms with Gasteiger partial charge in [-0.3, -0.25) is 4.79 Å². The van der Waals surface area contributed by atoms with Crippen LogP contribution >= 0.6 is 11.8 Å². The first kappa shape index (κ1) is 12.8. The summed E-state index contributed by atoms with van der Waals surface area (Å²) in [6.07, 6.45) is 2.18. The van der Waals surface area contributed by atoms with Crippen LogP contribution in [0.4, 0.5) is 0 Å². The molecule has 1 heterocycles. The minimum absolute atomic E-state index is 0.169. The van der Waals surface area contributed by atoms with Crippen LogP contribution in [0.3, 0.4) is 0 Å². The van der Waals surface area contributed by atoms with Gasteiger partial charge in [0.1, 0.15) is 0 Å². The zero-order chi connectivity index (χ0) is 11.3. The Kier molecular flexibility index (Phi) is 4.93. The Morgan fingerprint density at radius 3 is 2.73 bits per heavy atom. The van der Waals surface area contributed by atoms with Gasteiger partial charge >= 0.3 is 0 Å². The van der Waals surface area contributed by atoms with Crippen molar-refractivity contribution in [3.63, 3.8) is 0 Å². The third-order valence-corrected chi connectivity index (χ3v) is 4.18. The molecular formula is C11H22N2OS. The molecule has 0 spiro atoms. The Morgan fingerprint density at radius 1 is 1.47 bits per heavy atom. The molecule has 3 nitrogen and oxygen atoms in total. The Labute approximate surface area is 96.8 Å². The molecule has 0 saturated carbocycles. The van der Waals surface area contributed by atoms with E-state index in [4.69, 9.17) is 0 Å². The fourth-order valence-electron chi connectivity index (χ4n) is 1.68. The van der Waals surface area contributed by atoms with Gasteiger partial charge in [-0.2, -0.15) is 0 Å². The molecule has 0 bridgehead atoms. The summed E-state index contributed by atoms with van der Waals surface area (Å²) in [4.78, 5) is 11.9. The van der Waals surface area contributed by atoms with Gasteiger partial charge in [0.15, 0.2) is 0 Å². The number of carbonyl (C=O) groups is 1. The maximum atomic E-state index is 11.9. The number of nitrogens with one attached hydrogen (secondary N) is 2. The predicted molar refractivity (Wildman–Crippen MR) is 66.2 cm³/mol. The van der Waals surface area contributed by atoms with Crippen molar-refractivity contribution in [2.75, 3.05) is 18.8 Å². The number of thioether (sulfide) groups is 1. The van der Waals surface area contributed by atoms with Gasteiger partial charge in [-0.05, 0) is 25.5 Å². The van der Waals surface area contributed by atoms with Crippen LogP contribution in [0.2, 0.25) is 0 Å². The lowest BCUT2D eigenvalue weighted by molar-refractivity contribution is -0.123. The molecule has 0 aromatic carbocycles. The van der Waals surface area contributed by atoms with Crippen molar-refractivity contribution in [2.24, 2.45) is 0 Å². The topological polar surface area (TPSA) is 41.1 Å². The summed E-state index contributed by atoms with van der Waals surface area (Å²) in [6, 6.07) is 0.485. The second-order valence-electron chi connectivity index (χ2n) is 4.55. The molecule has 2 N–H and O–H groups in total. The zero-order valence-electron chi connectivity index (χ0n) is 9.93. The van der Waals surface area contributed by atoms with Gasteiger partial charge in [0.2, 0.25) is 5.91 Å². The molecule has 4 heteroatoms. The van der Waals surface area contributed by atoms with Crippen LogP contribution in [0, 0.1) is 0 Å². The maximum absolute atomic E-state index is 11.9. The first-order valence-electron chi connectivity index (χ1n) is 5.70. The Hall–Kier alpha value is -0.220. The maximum Gasteiger partial charge on any atom is 0.235 e. The van der Waals surface area contributed by atoms with Crippen molar-refractivity contribution in [3.8, 4) is 0 Å². The van der Waals surface area contributed by atoms with E-state index in [1.54, 1.807) is 11.8 Å². The van der Waals surface area contributed by atoms with Crippen molar-refractivity contribution in [1.29, 1.82) is 0 Å². The molecule has 1 unspecified atom stereocenters. The van der Waals surface area contributed by atoms with Crippen LogP contribution in [0.15, 0.2) is 0 Å². The van der Waals surface area contributed by atoms with Gasteiger partial charge in [0, 0.05) is 19.1 Å². The highest BCUT2D eigenvalue weighted by Gasteiger charge is 2.36. The number of hydrogen-bond acceptors (Lipinski definition) is 3. The van der Waals surface area contributed by atoms with Crippen LogP contribution in [0.1, 0.15) is 33.6 Å². The Morgan fingerprint density at radius 2 is 2.20 bits per heavy atom. The Balaban J connectivity index is 2.18. The van der Waals surface area contributed by atoms with E-state index < -0.39 is 0 Å². The summed E-state index contributed by atoms with van der Waals surface area (Å²) >= 11 is 1.78.